The SMILES string of the molecule is CC1Cc2ccccc2N1C(=O)C(=O)Nc1ccc(SC#N)cc1. The summed E-state index contributed by atoms with van der Waals surface area (Å²) in [4.78, 5) is 27.2. The fourth-order valence-electron chi connectivity index (χ4n) is 2.83. The average molecular weight is 337 g/mol. The zero-order valence-electron chi connectivity index (χ0n) is 13.0. The standard InChI is InChI=1S/C18H15N3O2S/c1-12-10-13-4-2-3-5-16(13)21(12)18(23)17(22)20-14-6-8-15(9-7-14)24-11-19/h2-9,12H,10H2,1H3,(H,20,22). The van der Waals surface area contributed by atoms with Crippen LogP contribution in [0, 0.1) is 10.7 Å². The van der Waals surface area contributed by atoms with Crippen LogP contribution >= 0.6 is 11.8 Å². The van der Waals surface area contributed by atoms with Crippen LogP contribution in [0.1, 0.15) is 12.5 Å². The first-order chi connectivity index (χ1) is 11.6. The molecular weight excluding hydrogens is 322 g/mol. The van der Waals surface area contributed by atoms with Crippen molar-refractivity contribution >= 4 is 35.0 Å². The predicted molar refractivity (Wildman–Crippen MR) is 93.6 cm³/mol. The maximum absolute atomic E-state index is 12.6. The van der Waals surface area contributed by atoms with Crippen LogP contribution in [-0.2, 0) is 16.0 Å². The molecule has 3 rings (SSSR count). The molecule has 0 spiro atoms. The fourth-order valence-corrected chi connectivity index (χ4v) is 3.21. The quantitative estimate of drug-likeness (QED) is 0.519. The van der Waals surface area contributed by atoms with Crippen LogP contribution in [0.4, 0.5) is 11.4 Å². The lowest BCUT2D eigenvalue weighted by Crippen LogP contribution is -2.43. The van der Waals surface area contributed by atoms with Crippen LogP contribution in [0.25, 0.3) is 0 Å². The van der Waals surface area contributed by atoms with Crippen LogP contribution in [-0.4, -0.2) is 17.9 Å². The number of para-hydroxylation sites is 1. The molecule has 0 fully saturated rings. The van der Waals surface area contributed by atoms with Gasteiger partial charge >= 0.3 is 11.8 Å². The molecule has 1 aliphatic heterocycles. The number of fused-ring (bicyclic) bond motifs is 1. The lowest BCUT2D eigenvalue weighted by atomic mass is 10.1. The molecule has 1 unspecified atom stereocenters. The minimum Gasteiger partial charge on any atom is -0.318 e. The Morgan fingerprint density at radius 3 is 2.62 bits per heavy atom. The largest absolute Gasteiger partial charge is 0.318 e. The number of nitrogens with one attached hydrogen (secondary N) is 1. The highest BCUT2D eigenvalue weighted by Gasteiger charge is 2.34. The van der Waals surface area contributed by atoms with Crippen LogP contribution in [0.15, 0.2) is 53.4 Å². The van der Waals surface area contributed by atoms with Gasteiger partial charge in [0.1, 0.15) is 5.40 Å². The summed E-state index contributed by atoms with van der Waals surface area (Å²) >= 11 is 1.04. The van der Waals surface area contributed by atoms with Gasteiger partial charge in [-0.15, -0.1) is 0 Å². The zero-order chi connectivity index (χ0) is 17.1. The first-order valence-corrected chi connectivity index (χ1v) is 8.30. The van der Waals surface area contributed by atoms with Crippen molar-refractivity contribution in [2.24, 2.45) is 0 Å². The van der Waals surface area contributed by atoms with Crippen LogP contribution in [0.5, 0.6) is 0 Å². The van der Waals surface area contributed by atoms with E-state index in [-0.39, 0.29) is 6.04 Å². The normalized spacial score (nSPS) is 15.5. The van der Waals surface area contributed by atoms with E-state index in [4.69, 9.17) is 5.26 Å². The lowest BCUT2D eigenvalue weighted by Gasteiger charge is -2.22. The highest BCUT2D eigenvalue weighted by atomic mass is 32.2. The van der Waals surface area contributed by atoms with Crippen molar-refractivity contribution in [3.05, 3.63) is 54.1 Å². The molecule has 120 valence electrons. The number of benzene rings is 2. The first kappa shape index (κ1) is 16.1. The van der Waals surface area contributed by atoms with Crippen molar-refractivity contribution < 1.29 is 9.59 Å². The second-order valence-electron chi connectivity index (χ2n) is 5.53. The third-order valence-corrected chi connectivity index (χ3v) is 4.50. The first-order valence-electron chi connectivity index (χ1n) is 7.48. The molecule has 2 aromatic carbocycles. The fraction of sp³-hybridized carbons (Fsp3) is 0.167. The Balaban J connectivity index is 1.73. The summed E-state index contributed by atoms with van der Waals surface area (Å²) in [6.45, 7) is 1.93. The minimum atomic E-state index is -0.667. The molecule has 0 saturated carbocycles. The number of thiocyanates is 1. The molecular formula is C18H15N3O2S. The van der Waals surface area contributed by atoms with Gasteiger partial charge in [0.2, 0.25) is 0 Å². The van der Waals surface area contributed by atoms with E-state index in [1.807, 2.05) is 36.6 Å². The van der Waals surface area contributed by atoms with Crippen molar-refractivity contribution in [2.75, 3.05) is 10.2 Å². The average Bonchev–Trinajstić information content (AvgIpc) is 2.92. The number of anilines is 2. The van der Waals surface area contributed by atoms with Gasteiger partial charge in [-0.2, -0.15) is 5.26 Å². The van der Waals surface area contributed by atoms with Crippen molar-refractivity contribution in [1.82, 2.24) is 0 Å². The number of amides is 2. The van der Waals surface area contributed by atoms with E-state index in [0.29, 0.717) is 5.69 Å². The highest BCUT2D eigenvalue weighted by Crippen LogP contribution is 2.32. The molecule has 0 aliphatic carbocycles. The number of rotatable bonds is 2. The van der Waals surface area contributed by atoms with Gasteiger partial charge < -0.3 is 10.2 Å². The molecule has 1 aliphatic rings. The molecule has 1 atom stereocenters. The van der Waals surface area contributed by atoms with E-state index < -0.39 is 11.8 Å². The Labute approximate surface area is 144 Å². The molecule has 0 bridgehead atoms. The number of hydrogen-bond acceptors (Lipinski definition) is 4. The third kappa shape index (κ3) is 3.12. The Hall–Kier alpha value is -2.78. The zero-order valence-corrected chi connectivity index (χ0v) is 13.8. The molecule has 6 heteroatoms. The summed E-state index contributed by atoms with van der Waals surface area (Å²) in [6, 6.07) is 14.4. The van der Waals surface area contributed by atoms with E-state index in [1.165, 1.54) is 0 Å². The van der Waals surface area contributed by atoms with Crippen molar-refractivity contribution in [3.8, 4) is 5.40 Å². The minimum absolute atomic E-state index is 0.0462. The molecule has 0 aromatic heterocycles. The molecule has 0 radical (unpaired) electrons. The lowest BCUT2D eigenvalue weighted by molar-refractivity contribution is -0.134. The van der Waals surface area contributed by atoms with Gasteiger partial charge in [0, 0.05) is 22.3 Å². The van der Waals surface area contributed by atoms with Crippen LogP contribution in [0.2, 0.25) is 0 Å². The summed E-state index contributed by atoms with van der Waals surface area (Å²) < 4.78 is 0. The summed E-state index contributed by atoms with van der Waals surface area (Å²) in [5.41, 5.74) is 2.39. The smallest absolute Gasteiger partial charge is 0.316 e. The van der Waals surface area contributed by atoms with Crippen molar-refractivity contribution in [2.45, 2.75) is 24.3 Å². The number of thioether (sulfide) groups is 1. The van der Waals surface area contributed by atoms with Gasteiger partial charge in [-0.3, -0.25) is 9.59 Å². The Morgan fingerprint density at radius 2 is 1.92 bits per heavy atom. The van der Waals surface area contributed by atoms with E-state index in [0.717, 1.165) is 34.3 Å². The summed E-state index contributed by atoms with van der Waals surface area (Å²) in [5.74, 6) is -1.23. The maximum atomic E-state index is 12.6. The number of nitriles is 1. The molecule has 2 aromatic rings. The van der Waals surface area contributed by atoms with Gasteiger partial charge in [-0.1, -0.05) is 18.2 Å². The van der Waals surface area contributed by atoms with Crippen molar-refractivity contribution in [1.29, 1.82) is 5.26 Å². The monoisotopic (exact) mass is 337 g/mol. The summed E-state index contributed by atoms with van der Waals surface area (Å²) in [6.07, 6.45) is 0.745. The number of nitrogens with zero attached hydrogens (tertiary/aromatic N) is 2. The van der Waals surface area contributed by atoms with Crippen molar-refractivity contribution in [3.63, 3.8) is 0 Å². The molecule has 24 heavy (non-hydrogen) atoms. The number of carbonyl (C=O) groups excluding carboxylic acids is 2. The third-order valence-electron chi connectivity index (χ3n) is 3.90. The van der Waals surface area contributed by atoms with E-state index in [9.17, 15) is 9.59 Å². The molecule has 0 saturated heterocycles. The van der Waals surface area contributed by atoms with Gasteiger partial charge in [-0.05, 0) is 61.0 Å². The van der Waals surface area contributed by atoms with E-state index in [1.54, 1.807) is 29.2 Å². The van der Waals surface area contributed by atoms with Crippen LogP contribution < -0.4 is 10.2 Å². The second-order valence-corrected chi connectivity index (χ2v) is 6.39. The summed E-state index contributed by atoms with van der Waals surface area (Å²) in [5, 5.41) is 13.2. The van der Waals surface area contributed by atoms with Gasteiger partial charge in [0.25, 0.3) is 0 Å². The predicted octanol–water partition coefficient (Wildman–Crippen LogP) is 3.18. The second kappa shape index (κ2) is 6.77. The summed E-state index contributed by atoms with van der Waals surface area (Å²) in [7, 11) is 0. The topological polar surface area (TPSA) is 73.2 Å². The molecule has 1 N–H and O–H groups in total. The van der Waals surface area contributed by atoms with Gasteiger partial charge in [-0.25, -0.2) is 0 Å². The van der Waals surface area contributed by atoms with E-state index in [2.05, 4.69) is 5.32 Å². The highest BCUT2D eigenvalue weighted by molar-refractivity contribution is 8.03. The Bertz CT molecular complexity index is 827. The van der Waals surface area contributed by atoms with Gasteiger partial charge in [0.05, 0.1) is 0 Å². The number of carbonyl (C=O) groups is 2. The van der Waals surface area contributed by atoms with Crippen LogP contribution in [0.3, 0.4) is 0 Å². The molecule has 1 heterocycles. The molecule has 2 amide bonds. The van der Waals surface area contributed by atoms with E-state index >= 15 is 0 Å². The molecule has 5 nitrogen and oxygen atoms in total. The Kier molecular flexibility index (Phi) is 4.54. The van der Waals surface area contributed by atoms with Gasteiger partial charge in [0.15, 0.2) is 0 Å². The maximum Gasteiger partial charge on any atom is 0.316 e. The Morgan fingerprint density at radius 1 is 1.21 bits per heavy atom. The number of hydrogen-bond donors (Lipinski definition) is 1.